The van der Waals surface area contributed by atoms with Gasteiger partial charge in [-0.25, -0.2) is 0 Å². The average Bonchev–Trinajstić information content (AvgIpc) is 2.87. The number of β-lactam (4-membered cyclic amide) rings is 1. The molecule has 1 saturated heterocycles. The van der Waals surface area contributed by atoms with Crippen molar-refractivity contribution in [1.29, 1.82) is 0 Å². The van der Waals surface area contributed by atoms with Crippen molar-refractivity contribution < 1.29 is 19.1 Å². The second kappa shape index (κ2) is 11.4. The molecular formula is C26H30N4O4. The monoisotopic (exact) mass is 462 g/mol. The summed E-state index contributed by atoms with van der Waals surface area (Å²) in [4.78, 5) is 41.9. The van der Waals surface area contributed by atoms with Crippen LogP contribution in [0.3, 0.4) is 0 Å². The van der Waals surface area contributed by atoms with Gasteiger partial charge in [0.2, 0.25) is 18.0 Å². The van der Waals surface area contributed by atoms with Crippen LogP contribution < -0.4 is 20.7 Å². The first-order valence-corrected chi connectivity index (χ1v) is 11.8. The van der Waals surface area contributed by atoms with Crippen LogP contribution in [0.25, 0.3) is 6.08 Å². The molecule has 3 amide bonds. The third-order valence-electron chi connectivity index (χ3n) is 6.23. The number of ether oxygens (including phenoxy) is 1. The molecule has 1 aliphatic carbocycles. The number of rotatable bonds is 9. The Bertz CT molecular complexity index is 1010. The second-order valence-electron chi connectivity index (χ2n) is 8.76. The summed E-state index contributed by atoms with van der Waals surface area (Å²) in [6.45, 7) is 0. The zero-order chi connectivity index (χ0) is 23.8. The molecule has 1 saturated carbocycles. The molecular weight excluding hydrogens is 432 g/mol. The molecule has 0 unspecified atom stereocenters. The fourth-order valence-electron chi connectivity index (χ4n) is 4.35. The van der Waals surface area contributed by atoms with Crippen molar-refractivity contribution in [2.45, 2.75) is 56.8 Å². The van der Waals surface area contributed by atoms with Crippen LogP contribution >= 0.6 is 0 Å². The third-order valence-corrected chi connectivity index (χ3v) is 6.23. The molecule has 2 aliphatic rings. The highest BCUT2D eigenvalue weighted by atomic mass is 16.5. The number of pyridine rings is 1. The van der Waals surface area contributed by atoms with Crippen molar-refractivity contribution >= 4 is 23.8 Å². The van der Waals surface area contributed by atoms with E-state index in [9.17, 15) is 14.4 Å². The lowest BCUT2D eigenvalue weighted by Crippen LogP contribution is -2.72. The van der Waals surface area contributed by atoms with E-state index in [1.807, 2.05) is 18.2 Å². The molecule has 4 rings (SSSR count). The predicted octanol–water partition coefficient (Wildman–Crippen LogP) is 2.57. The molecule has 8 nitrogen and oxygen atoms in total. The zero-order valence-electron chi connectivity index (χ0n) is 19.0. The quantitative estimate of drug-likeness (QED) is 0.392. The minimum Gasteiger partial charge on any atom is -0.468 e. The first kappa shape index (κ1) is 23.5. The largest absolute Gasteiger partial charge is 0.468 e. The summed E-state index contributed by atoms with van der Waals surface area (Å²) >= 11 is 0. The summed E-state index contributed by atoms with van der Waals surface area (Å²) in [5.41, 5.74) is 0.838. The van der Waals surface area contributed by atoms with E-state index in [-0.39, 0.29) is 17.7 Å². The molecule has 2 aromatic rings. The van der Waals surface area contributed by atoms with Gasteiger partial charge in [0.1, 0.15) is 11.8 Å². The van der Waals surface area contributed by atoms with Crippen molar-refractivity contribution in [3.8, 4) is 5.75 Å². The van der Waals surface area contributed by atoms with Crippen molar-refractivity contribution in [3.05, 3.63) is 66.5 Å². The Morgan fingerprint density at radius 2 is 1.82 bits per heavy atom. The number of nitrogens with zero attached hydrogens (tertiary/aromatic N) is 1. The maximum Gasteiger partial charge on any atom is 0.251 e. The number of aromatic nitrogens is 1. The summed E-state index contributed by atoms with van der Waals surface area (Å²) in [5, 5.41) is 8.29. The lowest BCUT2D eigenvalue weighted by Gasteiger charge is -2.37. The molecule has 1 aliphatic heterocycles. The Morgan fingerprint density at radius 1 is 1.09 bits per heavy atom. The van der Waals surface area contributed by atoms with Gasteiger partial charge in [-0.05, 0) is 48.2 Å². The molecule has 178 valence electrons. The third kappa shape index (κ3) is 6.43. The molecule has 0 bridgehead atoms. The fraction of sp³-hybridized carbons (Fsp3) is 0.385. The van der Waals surface area contributed by atoms with Crippen LogP contribution in [-0.4, -0.2) is 41.0 Å². The van der Waals surface area contributed by atoms with Crippen molar-refractivity contribution in [2.75, 3.05) is 0 Å². The lowest BCUT2D eigenvalue weighted by atomic mass is 9.84. The minimum absolute atomic E-state index is 0.311. The van der Waals surface area contributed by atoms with Crippen LogP contribution in [0.4, 0.5) is 0 Å². The molecule has 0 spiro atoms. The molecule has 2 fully saturated rings. The Hall–Kier alpha value is -3.68. The predicted molar refractivity (Wildman–Crippen MR) is 127 cm³/mol. The van der Waals surface area contributed by atoms with E-state index in [1.165, 1.54) is 12.5 Å². The number of amides is 3. The number of carbonyl (C=O) groups excluding carboxylic acids is 3. The summed E-state index contributed by atoms with van der Waals surface area (Å²) in [7, 11) is 0. The van der Waals surface area contributed by atoms with Crippen LogP contribution in [-0.2, 0) is 14.4 Å². The van der Waals surface area contributed by atoms with Gasteiger partial charge in [-0.2, -0.15) is 0 Å². The number of benzene rings is 1. The van der Waals surface area contributed by atoms with Crippen molar-refractivity contribution in [2.24, 2.45) is 5.92 Å². The van der Waals surface area contributed by atoms with Crippen LogP contribution in [0.5, 0.6) is 5.75 Å². The summed E-state index contributed by atoms with van der Waals surface area (Å²) < 4.78 is 5.78. The summed E-state index contributed by atoms with van der Waals surface area (Å²) in [6.07, 6.45) is 11.8. The molecule has 3 atom stereocenters. The molecule has 0 radical (unpaired) electrons. The Kier molecular flexibility index (Phi) is 7.91. The summed E-state index contributed by atoms with van der Waals surface area (Å²) in [6, 6.07) is 11.1. The zero-order valence-corrected chi connectivity index (χ0v) is 19.0. The summed E-state index contributed by atoms with van der Waals surface area (Å²) in [5.74, 6) is -0.0871. The van der Waals surface area contributed by atoms with Gasteiger partial charge in [0.15, 0.2) is 6.04 Å². The SMILES string of the molecule is O=C(/C=C/c1ccncc1)N[C@@H](CC1CCCCC1)C(=O)N[C@@H]1C(=O)N[C@H]1Oc1ccccc1. The maximum atomic E-state index is 13.2. The van der Waals surface area contributed by atoms with Gasteiger partial charge in [0, 0.05) is 18.5 Å². The van der Waals surface area contributed by atoms with Gasteiger partial charge >= 0.3 is 0 Å². The highest BCUT2D eigenvalue weighted by Crippen LogP contribution is 2.27. The number of para-hydroxylation sites is 1. The van der Waals surface area contributed by atoms with Gasteiger partial charge in [-0.15, -0.1) is 0 Å². The lowest BCUT2D eigenvalue weighted by molar-refractivity contribution is -0.144. The smallest absolute Gasteiger partial charge is 0.251 e. The number of hydrogen-bond donors (Lipinski definition) is 3. The Balaban J connectivity index is 1.39. The van der Waals surface area contributed by atoms with Gasteiger partial charge in [0.25, 0.3) is 5.91 Å². The van der Waals surface area contributed by atoms with E-state index in [0.29, 0.717) is 18.1 Å². The first-order chi connectivity index (χ1) is 16.6. The van der Waals surface area contributed by atoms with E-state index < -0.39 is 18.3 Å². The molecule has 1 aromatic carbocycles. The van der Waals surface area contributed by atoms with Gasteiger partial charge in [0.05, 0.1) is 0 Å². The van der Waals surface area contributed by atoms with E-state index in [4.69, 9.17) is 4.74 Å². The Labute approximate surface area is 199 Å². The van der Waals surface area contributed by atoms with Gasteiger partial charge in [-0.3, -0.25) is 19.4 Å². The van der Waals surface area contributed by atoms with Crippen molar-refractivity contribution in [1.82, 2.24) is 20.9 Å². The van der Waals surface area contributed by atoms with Crippen LogP contribution in [0, 0.1) is 5.92 Å². The standard InChI is InChI=1S/C26H30N4O4/c31-22(12-11-18-13-15-27-16-14-18)28-21(17-19-7-3-1-4-8-19)24(32)29-23-25(33)30-26(23)34-20-9-5-2-6-10-20/h2,5-6,9-16,19,21,23,26H,1,3-4,7-8,17H2,(H,28,31)(H,29,32)(H,30,33)/b12-11+/t21-,23+,26-/m0/s1. The van der Waals surface area contributed by atoms with E-state index >= 15 is 0 Å². The molecule has 3 N–H and O–H groups in total. The molecule has 34 heavy (non-hydrogen) atoms. The van der Waals surface area contributed by atoms with Crippen LogP contribution in [0.2, 0.25) is 0 Å². The van der Waals surface area contributed by atoms with Crippen LogP contribution in [0.1, 0.15) is 44.1 Å². The topological polar surface area (TPSA) is 109 Å². The first-order valence-electron chi connectivity index (χ1n) is 11.8. The van der Waals surface area contributed by atoms with E-state index in [0.717, 1.165) is 31.2 Å². The minimum atomic E-state index is -0.814. The fourth-order valence-corrected chi connectivity index (χ4v) is 4.35. The maximum absolute atomic E-state index is 13.2. The van der Waals surface area contributed by atoms with Gasteiger partial charge < -0.3 is 20.7 Å². The van der Waals surface area contributed by atoms with Gasteiger partial charge in [-0.1, -0.05) is 50.3 Å². The number of carbonyl (C=O) groups is 3. The molecule has 1 aromatic heterocycles. The van der Waals surface area contributed by atoms with E-state index in [1.54, 1.807) is 42.7 Å². The van der Waals surface area contributed by atoms with Crippen molar-refractivity contribution in [3.63, 3.8) is 0 Å². The highest BCUT2D eigenvalue weighted by Gasteiger charge is 2.43. The molecule has 8 heteroatoms. The molecule has 2 heterocycles. The van der Waals surface area contributed by atoms with E-state index in [2.05, 4.69) is 20.9 Å². The highest BCUT2D eigenvalue weighted by molar-refractivity contribution is 5.98. The number of nitrogens with one attached hydrogen (secondary N) is 3. The van der Waals surface area contributed by atoms with Crippen LogP contribution in [0.15, 0.2) is 60.9 Å². The number of hydrogen-bond acceptors (Lipinski definition) is 5. The normalized spacial score (nSPS) is 21.2. The second-order valence-corrected chi connectivity index (χ2v) is 8.76. The Morgan fingerprint density at radius 3 is 2.53 bits per heavy atom. The average molecular weight is 463 g/mol.